The van der Waals surface area contributed by atoms with E-state index in [2.05, 4.69) is 14.6 Å². The van der Waals surface area contributed by atoms with Gasteiger partial charge in [0.1, 0.15) is 4.90 Å². The van der Waals surface area contributed by atoms with Crippen LogP contribution in [0.25, 0.3) is 0 Å². The van der Waals surface area contributed by atoms with Crippen LogP contribution in [0, 0.1) is 0 Å². The number of sulfonamides is 1. The molecule has 0 atom stereocenters. The van der Waals surface area contributed by atoms with Crippen molar-refractivity contribution in [2.24, 2.45) is 0 Å². The number of aromatic nitrogens is 1. The lowest BCUT2D eigenvalue weighted by atomic mass is 10.1. The predicted octanol–water partition coefficient (Wildman–Crippen LogP) is 2.14. The molecule has 1 saturated carbocycles. The average Bonchev–Trinajstić information content (AvgIpc) is 3.52. The van der Waals surface area contributed by atoms with Gasteiger partial charge in [0.25, 0.3) is 5.91 Å². The topological polar surface area (TPSA) is 82.6 Å². The third kappa shape index (κ3) is 4.14. The second-order valence-corrected chi connectivity index (χ2v) is 9.12. The van der Waals surface area contributed by atoms with E-state index in [1.165, 1.54) is 12.1 Å². The molecule has 4 rings (SSSR count). The van der Waals surface area contributed by atoms with Crippen LogP contribution in [0.5, 0.6) is 0 Å². The van der Waals surface area contributed by atoms with E-state index in [9.17, 15) is 13.2 Å². The first-order chi connectivity index (χ1) is 13.4. The van der Waals surface area contributed by atoms with Crippen molar-refractivity contribution in [3.05, 3.63) is 53.3 Å². The van der Waals surface area contributed by atoms with Gasteiger partial charge in [0.2, 0.25) is 10.0 Å². The van der Waals surface area contributed by atoms with Crippen molar-refractivity contribution in [2.45, 2.75) is 23.8 Å². The number of benzene rings is 1. The van der Waals surface area contributed by atoms with Gasteiger partial charge < -0.3 is 9.80 Å². The lowest BCUT2D eigenvalue weighted by Gasteiger charge is -2.36. The van der Waals surface area contributed by atoms with Gasteiger partial charge in [-0.15, -0.1) is 0 Å². The first-order valence-corrected chi connectivity index (χ1v) is 11.1. The molecule has 1 saturated heterocycles. The molecule has 1 N–H and O–H groups in total. The van der Waals surface area contributed by atoms with Gasteiger partial charge in [-0.3, -0.25) is 9.78 Å². The quantitative estimate of drug-likeness (QED) is 0.801. The summed E-state index contributed by atoms with van der Waals surface area (Å²) in [6, 6.07) is 8.30. The molecule has 148 valence electrons. The number of nitrogens with one attached hydrogen (secondary N) is 1. The monoisotopic (exact) mass is 420 g/mol. The third-order valence-corrected chi connectivity index (χ3v) is 6.96. The van der Waals surface area contributed by atoms with E-state index in [1.807, 2.05) is 12.1 Å². The van der Waals surface area contributed by atoms with E-state index < -0.39 is 10.0 Å². The van der Waals surface area contributed by atoms with Gasteiger partial charge >= 0.3 is 0 Å². The maximum atomic E-state index is 12.9. The maximum Gasteiger partial charge on any atom is 0.254 e. The summed E-state index contributed by atoms with van der Waals surface area (Å²) in [5.41, 5.74) is 1.41. The molecule has 2 heterocycles. The Balaban J connectivity index is 1.47. The second-order valence-electron chi connectivity index (χ2n) is 7.03. The fraction of sp³-hybridized carbons (Fsp3) is 0.368. The lowest BCUT2D eigenvalue weighted by Crippen LogP contribution is -2.48. The molecular weight excluding hydrogens is 400 g/mol. The van der Waals surface area contributed by atoms with Crippen molar-refractivity contribution in [3.63, 3.8) is 0 Å². The highest BCUT2D eigenvalue weighted by molar-refractivity contribution is 7.89. The maximum absolute atomic E-state index is 12.9. The van der Waals surface area contributed by atoms with Gasteiger partial charge in [-0.25, -0.2) is 13.1 Å². The van der Waals surface area contributed by atoms with Crippen LogP contribution in [-0.4, -0.2) is 56.4 Å². The Bertz CT molecular complexity index is 972. The zero-order valence-electron chi connectivity index (χ0n) is 15.2. The Morgan fingerprint density at radius 3 is 2.39 bits per heavy atom. The second kappa shape index (κ2) is 7.69. The smallest absolute Gasteiger partial charge is 0.254 e. The summed E-state index contributed by atoms with van der Waals surface area (Å²) < 4.78 is 27.7. The number of pyridine rings is 1. The average molecular weight is 421 g/mol. The van der Waals surface area contributed by atoms with Crippen molar-refractivity contribution < 1.29 is 13.2 Å². The van der Waals surface area contributed by atoms with Crippen LogP contribution >= 0.6 is 11.6 Å². The van der Waals surface area contributed by atoms with Crippen molar-refractivity contribution in [2.75, 3.05) is 31.1 Å². The van der Waals surface area contributed by atoms with Crippen LogP contribution in [0.15, 0.2) is 47.6 Å². The van der Waals surface area contributed by atoms with E-state index >= 15 is 0 Å². The fourth-order valence-electron chi connectivity index (χ4n) is 3.23. The summed E-state index contributed by atoms with van der Waals surface area (Å²) >= 11 is 6.11. The highest BCUT2D eigenvalue weighted by Gasteiger charge is 2.30. The van der Waals surface area contributed by atoms with Crippen LogP contribution < -0.4 is 9.62 Å². The Labute approximate surface area is 169 Å². The SMILES string of the molecule is O=C(c1ccc(Cl)c(S(=O)(=O)NC2CC2)c1)N1CCN(c2ccncc2)CC1. The van der Waals surface area contributed by atoms with Gasteiger partial charge in [-0.05, 0) is 43.2 Å². The number of piperazine rings is 1. The van der Waals surface area contributed by atoms with Crippen LogP contribution in [0.4, 0.5) is 5.69 Å². The summed E-state index contributed by atoms with van der Waals surface area (Å²) in [6.45, 7) is 2.54. The first kappa shape index (κ1) is 19.2. The predicted molar refractivity (Wildman–Crippen MR) is 107 cm³/mol. The summed E-state index contributed by atoms with van der Waals surface area (Å²) in [5.74, 6) is -0.186. The number of carbonyl (C=O) groups excluding carboxylic acids is 1. The molecule has 0 spiro atoms. The van der Waals surface area contributed by atoms with E-state index in [-0.39, 0.29) is 21.9 Å². The number of hydrogen-bond donors (Lipinski definition) is 1. The number of nitrogens with zero attached hydrogens (tertiary/aromatic N) is 3. The lowest BCUT2D eigenvalue weighted by molar-refractivity contribution is 0.0746. The zero-order chi connectivity index (χ0) is 19.7. The molecule has 0 bridgehead atoms. The summed E-state index contributed by atoms with van der Waals surface area (Å²) in [4.78, 5) is 20.8. The Kier molecular flexibility index (Phi) is 5.27. The fourth-order valence-corrected chi connectivity index (χ4v) is 5.06. The Morgan fingerprint density at radius 1 is 1.07 bits per heavy atom. The number of amides is 1. The molecule has 28 heavy (non-hydrogen) atoms. The van der Waals surface area contributed by atoms with Crippen LogP contribution in [0.2, 0.25) is 5.02 Å². The van der Waals surface area contributed by atoms with Gasteiger partial charge in [0.05, 0.1) is 5.02 Å². The van der Waals surface area contributed by atoms with Crippen molar-refractivity contribution in [3.8, 4) is 0 Å². The van der Waals surface area contributed by atoms with Gasteiger partial charge in [-0.2, -0.15) is 0 Å². The molecule has 1 aromatic carbocycles. The molecule has 1 aliphatic carbocycles. The number of anilines is 1. The standard InChI is InChI=1S/C19H21ClN4O3S/c20-17-4-1-14(13-18(17)28(26,27)22-15-2-3-15)19(25)24-11-9-23(10-12-24)16-5-7-21-8-6-16/h1,4-8,13,15,22H,2-3,9-12H2. The minimum Gasteiger partial charge on any atom is -0.368 e. The molecule has 2 aromatic rings. The molecule has 2 fully saturated rings. The normalized spacial score (nSPS) is 17.6. The van der Waals surface area contributed by atoms with Crippen LogP contribution in [-0.2, 0) is 10.0 Å². The highest BCUT2D eigenvalue weighted by Crippen LogP contribution is 2.27. The molecular formula is C19H21ClN4O3S. The van der Waals surface area contributed by atoms with E-state index in [0.717, 1.165) is 18.5 Å². The van der Waals surface area contributed by atoms with Crippen molar-refractivity contribution in [1.29, 1.82) is 0 Å². The largest absolute Gasteiger partial charge is 0.368 e. The number of halogens is 1. The van der Waals surface area contributed by atoms with E-state index in [0.29, 0.717) is 31.7 Å². The first-order valence-electron chi connectivity index (χ1n) is 9.20. The Hall–Kier alpha value is -2.16. The molecule has 0 unspecified atom stereocenters. The van der Waals surface area contributed by atoms with Gasteiger partial charge in [0, 0.05) is 55.9 Å². The van der Waals surface area contributed by atoms with E-state index in [1.54, 1.807) is 23.4 Å². The number of hydrogen-bond acceptors (Lipinski definition) is 5. The van der Waals surface area contributed by atoms with Crippen molar-refractivity contribution in [1.82, 2.24) is 14.6 Å². The zero-order valence-corrected chi connectivity index (χ0v) is 16.8. The van der Waals surface area contributed by atoms with Gasteiger partial charge in [0.15, 0.2) is 0 Å². The van der Waals surface area contributed by atoms with Gasteiger partial charge in [-0.1, -0.05) is 11.6 Å². The number of rotatable bonds is 5. The summed E-state index contributed by atoms with van der Waals surface area (Å²) in [6.07, 6.45) is 5.16. The minimum atomic E-state index is -3.73. The van der Waals surface area contributed by atoms with E-state index in [4.69, 9.17) is 11.6 Å². The van der Waals surface area contributed by atoms with Crippen molar-refractivity contribution >= 4 is 33.2 Å². The third-order valence-electron chi connectivity index (χ3n) is 4.96. The molecule has 0 radical (unpaired) electrons. The van der Waals surface area contributed by atoms with Crippen LogP contribution in [0.1, 0.15) is 23.2 Å². The summed E-state index contributed by atoms with van der Waals surface area (Å²) in [7, 11) is -3.73. The Morgan fingerprint density at radius 2 is 1.75 bits per heavy atom. The molecule has 7 nitrogen and oxygen atoms in total. The highest BCUT2D eigenvalue weighted by atomic mass is 35.5. The van der Waals surface area contributed by atoms with Crippen LogP contribution in [0.3, 0.4) is 0 Å². The molecule has 1 aromatic heterocycles. The summed E-state index contributed by atoms with van der Waals surface area (Å²) in [5, 5.41) is 0.118. The molecule has 1 aliphatic heterocycles. The molecule has 1 amide bonds. The number of carbonyl (C=O) groups is 1. The minimum absolute atomic E-state index is 0.0262. The molecule has 2 aliphatic rings. The molecule has 9 heteroatoms.